The molecule has 2 aliphatic carbocycles. The maximum absolute atomic E-state index is 13.6. The van der Waals surface area contributed by atoms with E-state index in [-0.39, 0.29) is 33.9 Å². The first kappa shape index (κ1) is 27.0. The molecule has 0 saturated heterocycles. The van der Waals surface area contributed by atoms with Crippen molar-refractivity contribution in [2.24, 2.45) is 0 Å². The van der Waals surface area contributed by atoms with Gasteiger partial charge in [-0.15, -0.1) is 0 Å². The Kier molecular flexibility index (Phi) is 6.63. The van der Waals surface area contributed by atoms with E-state index in [0.29, 0.717) is 0 Å². The molecule has 1 aromatic rings. The van der Waals surface area contributed by atoms with Gasteiger partial charge in [-0.2, -0.15) is 33.4 Å². The number of fused-ring (bicyclic) bond motifs is 2. The molecule has 184 valence electrons. The zero-order valence-electron chi connectivity index (χ0n) is 18.7. The minimum absolute atomic E-state index is 0.0732. The van der Waals surface area contributed by atoms with Crippen molar-refractivity contribution in [2.75, 3.05) is 12.5 Å². The summed E-state index contributed by atoms with van der Waals surface area (Å²) in [7, 11) is -8.55. The molecule has 0 aliphatic heterocycles. The minimum atomic E-state index is -4.97. The lowest BCUT2D eigenvalue weighted by molar-refractivity contribution is -0.0318. The third-order valence-corrected chi connectivity index (χ3v) is 8.88. The van der Waals surface area contributed by atoms with Gasteiger partial charge in [0.15, 0.2) is 19.7 Å². The van der Waals surface area contributed by atoms with Crippen LogP contribution in [0.3, 0.4) is 0 Å². The van der Waals surface area contributed by atoms with Gasteiger partial charge in [-0.1, -0.05) is 0 Å². The van der Waals surface area contributed by atoms with Crippen LogP contribution in [0.1, 0.15) is 18.1 Å². The monoisotopic (exact) mass is 550 g/mol. The van der Waals surface area contributed by atoms with E-state index in [9.17, 15) is 40.5 Å². The fourth-order valence-corrected chi connectivity index (χ4v) is 7.87. The summed E-state index contributed by atoms with van der Waals surface area (Å²) in [6, 6.07) is 3.01. The Bertz CT molecular complexity index is 1810. The van der Waals surface area contributed by atoms with Crippen LogP contribution in [-0.4, -0.2) is 34.9 Å². The van der Waals surface area contributed by atoms with E-state index in [4.69, 9.17) is 13.1 Å². The summed E-state index contributed by atoms with van der Waals surface area (Å²) in [5, 5.41) is 18.1. The summed E-state index contributed by atoms with van der Waals surface area (Å²) in [6.45, 7) is 15.9. The third kappa shape index (κ3) is 4.40. The van der Waals surface area contributed by atoms with Crippen LogP contribution in [0, 0.1) is 35.8 Å². The Morgan fingerprint density at radius 2 is 1.36 bits per heavy atom. The molecule has 14 heteroatoms. The lowest BCUT2D eigenvalue weighted by atomic mass is 10.0. The number of halogens is 3. The average Bonchev–Trinajstić information content (AvgIpc) is 3.24. The molecule has 0 atom stereocenters. The van der Waals surface area contributed by atoms with Gasteiger partial charge in [0.2, 0.25) is 0 Å². The normalized spacial score (nSPS) is 14.9. The van der Waals surface area contributed by atoms with E-state index in [0.717, 1.165) is 12.5 Å². The molecular formula is C22H13F3N4O4S3. The van der Waals surface area contributed by atoms with Crippen molar-refractivity contribution in [3.05, 3.63) is 66.9 Å². The van der Waals surface area contributed by atoms with Crippen LogP contribution in [0.2, 0.25) is 0 Å². The predicted molar refractivity (Wildman–Crippen MR) is 124 cm³/mol. The third-order valence-electron chi connectivity index (χ3n) is 5.61. The maximum Gasteiger partial charge on any atom is 0.523 e. The summed E-state index contributed by atoms with van der Waals surface area (Å²) in [5.41, 5.74) is -6.31. The Balaban J connectivity index is 2.85. The highest BCUT2D eigenvalue weighted by Gasteiger charge is 2.41. The number of nitrogens with zero attached hydrogens (tertiary/aromatic N) is 4. The molecule has 2 aliphatic rings. The Morgan fingerprint density at radius 3 is 1.78 bits per heavy atom. The second-order valence-corrected chi connectivity index (χ2v) is 12.8. The van der Waals surface area contributed by atoms with E-state index in [1.807, 2.05) is 0 Å². The van der Waals surface area contributed by atoms with Crippen molar-refractivity contribution in [3.63, 3.8) is 0 Å². The van der Waals surface area contributed by atoms with Crippen molar-refractivity contribution in [1.82, 2.24) is 0 Å². The number of hydrogen-bond acceptors (Lipinski definition) is 7. The molecular weight excluding hydrogens is 537 g/mol. The summed E-state index contributed by atoms with van der Waals surface area (Å²) in [6.07, 6.45) is 0.577. The van der Waals surface area contributed by atoms with Crippen LogP contribution in [0.15, 0.2) is 32.3 Å². The number of rotatable bonds is 3. The zero-order chi connectivity index (χ0) is 27.4. The van der Waals surface area contributed by atoms with E-state index < -0.39 is 80.2 Å². The highest BCUT2D eigenvalue weighted by Crippen LogP contribution is 2.45. The second-order valence-electron chi connectivity index (χ2n) is 7.87. The summed E-state index contributed by atoms with van der Waals surface area (Å²) < 4.78 is 92.9. The fourth-order valence-electron chi connectivity index (χ4n) is 4.46. The van der Waals surface area contributed by atoms with Crippen LogP contribution < -0.4 is 10.4 Å². The van der Waals surface area contributed by atoms with Gasteiger partial charge in [0.25, 0.3) is 0 Å². The standard InChI is InChI=1S/C22H13F3N4O4S3/c1-10-12(21(28-2)29-3)6-14-16(10)19(35(4,30)31)15-7-13(11(8-26)9-27)18(34-22(23,24)25)17(15)20(14)36(5,32)33/h6-7H2,1,4-5H3. The highest BCUT2D eigenvalue weighted by atomic mass is 32.2. The molecule has 0 heterocycles. The number of benzene rings is 1. The maximum atomic E-state index is 13.6. The molecule has 0 bridgehead atoms. The number of sulfone groups is 2. The molecule has 3 rings (SSSR count). The smallest absolute Gasteiger partial charge is 0.224 e. The highest BCUT2D eigenvalue weighted by molar-refractivity contribution is 8.09. The topological polar surface area (TPSA) is 125 Å². The molecule has 0 fully saturated rings. The SMILES string of the molecule is [C-]#[N+]C([N+]#[C-])=C1Cc2c(S(C)(=O)=O)c3c(c(S(C)(=O)=O)c2=C1C)CC(=C(C#N)C#N)C=3SC(F)(F)F. The summed E-state index contributed by atoms with van der Waals surface area (Å²) in [4.78, 5) is 4.47. The molecule has 1 aromatic carbocycles. The van der Waals surface area contributed by atoms with Gasteiger partial charge >= 0.3 is 11.3 Å². The minimum Gasteiger partial charge on any atom is -0.224 e. The number of alkyl halides is 3. The van der Waals surface area contributed by atoms with Gasteiger partial charge in [-0.3, -0.25) is 0 Å². The first-order valence-corrected chi connectivity index (χ1v) is 14.2. The van der Waals surface area contributed by atoms with Crippen LogP contribution >= 0.6 is 11.8 Å². The summed E-state index contributed by atoms with van der Waals surface area (Å²) in [5.74, 6) is -0.423. The van der Waals surface area contributed by atoms with E-state index in [1.165, 1.54) is 19.1 Å². The number of thioether (sulfide) groups is 1. The molecule has 0 aromatic heterocycles. The second kappa shape index (κ2) is 8.83. The summed E-state index contributed by atoms with van der Waals surface area (Å²) >= 11 is -0.732. The van der Waals surface area contributed by atoms with Crippen LogP contribution in [-0.2, 0) is 32.5 Å². The fraction of sp³-hybridized carbons (Fsp3) is 0.273. The van der Waals surface area contributed by atoms with Crippen molar-refractivity contribution in [2.45, 2.75) is 35.1 Å². The predicted octanol–water partition coefficient (Wildman–Crippen LogP) is 2.53. The molecule has 0 N–H and O–H groups in total. The Morgan fingerprint density at radius 1 is 0.917 bits per heavy atom. The van der Waals surface area contributed by atoms with Gasteiger partial charge in [0.1, 0.15) is 30.9 Å². The first-order valence-electron chi connectivity index (χ1n) is 9.62. The first-order chi connectivity index (χ1) is 16.5. The Labute approximate surface area is 208 Å². The average molecular weight is 551 g/mol. The molecule has 0 spiro atoms. The molecule has 0 saturated carbocycles. The van der Waals surface area contributed by atoms with Gasteiger partial charge < -0.3 is 0 Å². The number of allylic oxidation sites excluding steroid dienone is 2. The van der Waals surface area contributed by atoms with Gasteiger partial charge in [0, 0.05) is 34.3 Å². The van der Waals surface area contributed by atoms with Gasteiger partial charge in [0.05, 0.1) is 15.4 Å². The largest absolute Gasteiger partial charge is 0.523 e. The van der Waals surface area contributed by atoms with Crippen molar-refractivity contribution in [1.29, 1.82) is 10.5 Å². The van der Waals surface area contributed by atoms with Crippen molar-refractivity contribution >= 4 is 41.9 Å². The van der Waals surface area contributed by atoms with Gasteiger partial charge in [-0.25, -0.2) is 16.8 Å². The number of nitriles is 2. The van der Waals surface area contributed by atoms with Crippen molar-refractivity contribution in [3.8, 4) is 12.1 Å². The zero-order valence-corrected chi connectivity index (χ0v) is 21.1. The van der Waals surface area contributed by atoms with Crippen LogP contribution in [0.5, 0.6) is 0 Å². The van der Waals surface area contributed by atoms with E-state index in [2.05, 4.69) is 9.69 Å². The lowest BCUT2D eigenvalue weighted by Gasteiger charge is -2.14. The lowest BCUT2D eigenvalue weighted by Crippen LogP contribution is -2.31. The van der Waals surface area contributed by atoms with E-state index in [1.54, 1.807) is 0 Å². The molecule has 0 radical (unpaired) electrons. The van der Waals surface area contributed by atoms with Crippen LogP contribution in [0.25, 0.3) is 20.2 Å². The van der Waals surface area contributed by atoms with Gasteiger partial charge in [-0.05, 0) is 47.4 Å². The van der Waals surface area contributed by atoms with Crippen molar-refractivity contribution < 1.29 is 30.0 Å². The molecule has 8 nitrogen and oxygen atoms in total. The molecule has 0 unspecified atom stereocenters. The number of hydrogen-bond donors (Lipinski definition) is 0. The Hall–Kier alpha value is -3.56. The quantitative estimate of drug-likeness (QED) is 0.418. The molecule has 0 amide bonds. The van der Waals surface area contributed by atoms with E-state index >= 15 is 0 Å². The molecule has 36 heavy (non-hydrogen) atoms. The van der Waals surface area contributed by atoms with Crippen LogP contribution in [0.4, 0.5) is 13.2 Å².